The highest BCUT2D eigenvalue weighted by molar-refractivity contribution is 5.96. The van der Waals surface area contributed by atoms with Gasteiger partial charge in [0.2, 0.25) is 0 Å². The number of carbonyl (C=O) groups is 3. The number of aryl methyl sites for hydroxylation is 2. The van der Waals surface area contributed by atoms with E-state index in [9.17, 15) is 14.4 Å². The van der Waals surface area contributed by atoms with Gasteiger partial charge in [-0.05, 0) is 49.2 Å². The number of hydrogen-bond donors (Lipinski definition) is 1. The maximum absolute atomic E-state index is 12.3. The fourth-order valence-electron chi connectivity index (χ4n) is 2.49. The average Bonchev–Trinajstić information content (AvgIpc) is 3.22. The number of nitrogens with zero attached hydrogens (tertiary/aromatic N) is 2. The van der Waals surface area contributed by atoms with E-state index in [0.717, 1.165) is 11.1 Å². The lowest BCUT2D eigenvalue weighted by molar-refractivity contribution is -0.151. The van der Waals surface area contributed by atoms with Crippen LogP contribution in [0, 0.1) is 25.2 Å². The van der Waals surface area contributed by atoms with Crippen molar-refractivity contribution < 1.29 is 23.5 Å². The highest BCUT2D eigenvalue weighted by atomic mass is 16.5. The summed E-state index contributed by atoms with van der Waals surface area (Å²) in [6.07, 6.45) is 1.63. The first-order valence-corrected chi connectivity index (χ1v) is 9.09. The molecule has 2 aromatic rings. The minimum atomic E-state index is -0.728. The first kappa shape index (κ1) is 21.7. The van der Waals surface area contributed by atoms with E-state index in [1.165, 1.54) is 11.2 Å². The number of benzene rings is 1. The van der Waals surface area contributed by atoms with Gasteiger partial charge in [0.1, 0.15) is 12.3 Å². The van der Waals surface area contributed by atoms with Gasteiger partial charge in [0.25, 0.3) is 11.8 Å². The molecule has 0 radical (unpaired) electrons. The Morgan fingerprint density at radius 1 is 1.21 bits per heavy atom. The summed E-state index contributed by atoms with van der Waals surface area (Å²) in [5.41, 5.74) is 2.48. The molecular formula is C21H23N3O5. The highest BCUT2D eigenvalue weighted by Gasteiger charge is 2.17. The van der Waals surface area contributed by atoms with Gasteiger partial charge < -0.3 is 19.4 Å². The number of ether oxygens (including phenoxy) is 1. The second kappa shape index (κ2) is 10.7. The van der Waals surface area contributed by atoms with Gasteiger partial charge in [-0.25, -0.2) is 0 Å². The Kier molecular flexibility index (Phi) is 7.98. The summed E-state index contributed by atoms with van der Waals surface area (Å²) in [4.78, 5) is 37.7. The summed E-state index contributed by atoms with van der Waals surface area (Å²) in [5.74, 6) is -1.02. The SMILES string of the molecule is Cc1ccc(C(=O)NCC(=O)OCC(=O)N(CCC#N)Cc2ccco2)cc1C. The minimum Gasteiger partial charge on any atom is -0.467 e. The Morgan fingerprint density at radius 3 is 2.66 bits per heavy atom. The molecule has 0 saturated heterocycles. The van der Waals surface area contributed by atoms with Gasteiger partial charge >= 0.3 is 5.97 Å². The van der Waals surface area contributed by atoms with Gasteiger partial charge in [-0.1, -0.05) is 6.07 Å². The van der Waals surface area contributed by atoms with Gasteiger partial charge in [-0.3, -0.25) is 14.4 Å². The van der Waals surface area contributed by atoms with Crippen molar-refractivity contribution in [3.05, 3.63) is 59.0 Å². The number of nitrogens with one attached hydrogen (secondary N) is 1. The van der Waals surface area contributed by atoms with Crippen LogP contribution in [-0.4, -0.2) is 42.4 Å². The summed E-state index contributed by atoms with van der Waals surface area (Å²) >= 11 is 0. The second-order valence-electron chi connectivity index (χ2n) is 6.45. The van der Waals surface area contributed by atoms with Crippen molar-refractivity contribution in [1.29, 1.82) is 5.26 Å². The van der Waals surface area contributed by atoms with Gasteiger partial charge in [-0.2, -0.15) is 5.26 Å². The molecule has 0 aliphatic rings. The Balaban J connectivity index is 1.81. The van der Waals surface area contributed by atoms with E-state index in [4.69, 9.17) is 14.4 Å². The number of esters is 1. The van der Waals surface area contributed by atoms with Crippen LogP contribution in [0.2, 0.25) is 0 Å². The lowest BCUT2D eigenvalue weighted by Gasteiger charge is -2.20. The molecule has 0 aliphatic heterocycles. The molecule has 1 aromatic heterocycles. The number of nitriles is 1. The first-order valence-electron chi connectivity index (χ1n) is 9.09. The van der Waals surface area contributed by atoms with E-state index in [2.05, 4.69) is 5.32 Å². The zero-order valence-electron chi connectivity index (χ0n) is 16.4. The molecule has 1 aromatic carbocycles. The van der Waals surface area contributed by atoms with Crippen LogP contribution in [0.15, 0.2) is 41.0 Å². The van der Waals surface area contributed by atoms with Crippen molar-refractivity contribution in [2.45, 2.75) is 26.8 Å². The molecule has 0 spiro atoms. The van der Waals surface area contributed by atoms with E-state index < -0.39 is 24.4 Å². The molecule has 29 heavy (non-hydrogen) atoms. The number of carbonyl (C=O) groups excluding carboxylic acids is 3. The first-order chi connectivity index (χ1) is 13.9. The average molecular weight is 397 g/mol. The quantitative estimate of drug-likeness (QED) is 0.649. The maximum Gasteiger partial charge on any atom is 0.325 e. The predicted molar refractivity (Wildman–Crippen MR) is 104 cm³/mol. The monoisotopic (exact) mass is 397 g/mol. The molecular weight excluding hydrogens is 374 g/mol. The van der Waals surface area contributed by atoms with E-state index >= 15 is 0 Å². The normalized spacial score (nSPS) is 10.1. The summed E-state index contributed by atoms with van der Waals surface area (Å²) in [7, 11) is 0. The molecule has 8 heteroatoms. The van der Waals surface area contributed by atoms with E-state index in [1.807, 2.05) is 26.0 Å². The van der Waals surface area contributed by atoms with Crippen molar-refractivity contribution >= 4 is 17.8 Å². The molecule has 0 saturated carbocycles. The van der Waals surface area contributed by atoms with Gasteiger partial charge in [0.05, 0.1) is 25.3 Å². The molecule has 2 rings (SSSR count). The van der Waals surface area contributed by atoms with E-state index in [1.54, 1.807) is 24.3 Å². The fourth-order valence-corrected chi connectivity index (χ4v) is 2.49. The van der Waals surface area contributed by atoms with Crippen LogP contribution in [-0.2, 0) is 20.9 Å². The Bertz CT molecular complexity index is 900. The second-order valence-corrected chi connectivity index (χ2v) is 6.45. The third kappa shape index (κ3) is 6.81. The van der Waals surface area contributed by atoms with E-state index in [0.29, 0.717) is 11.3 Å². The summed E-state index contributed by atoms with van der Waals surface area (Å²) in [5, 5.41) is 11.2. The van der Waals surface area contributed by atoms with Crippen LogP contribution < -0.4 is 5.32 Å². The van der Waals surface area contributed by atoms with Crippen molar-refractivity contribution in [2.24, 2.45) is 0 Å². The van der Waals surface area contributed by atoms with Gasteiger partial charge in [0, 0.05) is 12.1 Å². The van der Waals surface area contributed by atoms with Crippen molar-refractivity contribution in [2.75, 3.05) is 19.7 Å². The molecule has 152 valence electrons. The lowest BCUT2D eigenvalue weighted by Crippen LogP contribution is -2.36. The van der Waals surface area contributed by atoms with E-state index in [-0.39, 0.29) is 26.1 Å². The molecule has 0 atom stereocenters. The summed E-state index contributed by atoms with van der Waals surface area (Å²) in [6, 6.07) is 10.6. The van der Waals surface area contributed by atoms with Crippen LogP contribution in [0.3, 0.4) is 0 Å². The molecule has 1 N–H and O–H groups in total. The zero-order chi connectivity index (χ0) is 21.2. The minimum absolute atomic E-state index is 0.145. The maximum atomic E-state index is 12.3. The van der Waals surface area contributed by atoms with Crippen LogP contribution in [0.25, 0.3) is 0 Å². The van der Waals surface area contributed by atoms with Crippen LogP contribution in [0.1, 0.15) is 33.7 Å². The van der Waals surface area contributed by atoms with Gasteiger partial charge in [-0.15, -0.1) is 0 Å². The van der Waals surface area contributed by atoms with Crippen LogP contribution >= 0.6 is 0 Å². The third-order valence-corrected chi connectivity index (χ3v) is 4.29. The molecule has 0 bridgehead atoms. The highest BCUT2D eigenvalue weighted by Crippen LogP contribution is 2.10. The molecule has 8 nitrogen and oxygen atoms in total. The topological polar surface area (TPSA) is 113 Å². The number of furan rings is 1. The number of amides is 2. The Hall–Kier alpha value is -3.60. The Morgan fingerprint density at radius 2 is 2.00 bits per heavy atom. The molecule has 2 amide bonds. The fraction of sp³-hybridized carbons (Fsp3) is 0.333. The van der Waals surface area contributed by atoms with Crippen LogP contribution in [0.4, 0.5) is 0 Å². The zero-order valence-corrected chi connectivity index (χ0v) is 16.4. The lowest BCUT2D eigenvalue weighted by atomic mass is 10.1. The van der Waals surface area contributed by atoms with Crippen molar-refractivity contribution in [1.82, 2.24) is 10.2 Å². The predicted octanol–water partition coefficient (Wildman–Crippen LogP) is 2.11. The summed E-state index contributed by atoms with van der Waals surface area (Å²) < 4.78 is 10.2. The number of rotatable bonds is 9. The standard InChI is InChI=1S/C21H23N3O5/c1-15-6-7-17(11-16(15)2)21(27)23-12-20(26)29-14-19(25)24(9-4-8-22)13-18-5-3-10-28-18/h3,5-7,10-11H,4,9,12-14H2,1-2H3,(H,23,27). The molecule has 0 fully saturated rings. The third-order valence-electron chi connectivity index (χ3n) is 4.29. The molecule has 0 aliphatic carbocycles. The van der Waals surface area contributed by atoms with Crippen molar-refractivity contribution in [3.63, 3.8) is 0 Å². The Labute approximate surface area is 169 Å². The smallest absolute Gasteiger partial charge is 0.325 e. The van der Waals surface area contributed by atoms with Gasteiger partial charge in [0.15, 0.2) is 6.61 Å². The molecule has 1 heterocycles. The number of hydrogen-bond acceptors (Lipinski definition) is 6. The largest absolute Gasteiger partial charge is 0.467 e. The molecule has 0 unspecified atom stereocenters. The summed E-state index contributed by atoms with van der Waals surface area (Å²) in [6.45, 7) is 3.37. The van der Waals surface area contributed by atoms with Crippen molar-refractivity contribution in [3.8, 4) is 6.07 Å². The van der Waals surface area contributed by atoms with Crippen LogP contribution in [0.5, 0.6) is 0 Å².